The number of azo groups is 1. The van der Waals surface area contributed by atoms with Crippen LogP contribution in [0.4, 0.5) is 11.4 Å². The minimum atomic E-state index is -0.732. The predicted octanol–water partition coefficient (Wildman–Crippen LogP) is 4.08. The third-order valence-corrected chi connectivity index (χ3v) is 2.52. The Morgan fingerprint density at radius 3 is 2.57 bits per heavy atom. The van der Waals surface area contributed by atoms with Gasteiger partial charge in [0.15, 0.2) is 0 Å². The van der Waals surface area contributed by atoms with Gasteiger partial charge in [0.2, 0.25) is 0 Å². The second kappa shape index (κ2) is 7.11. The molecule has 0 unspecified atom stereocenters. The molecule has 1 N–H and O–H groups in total. The van der Waals surface area contributed by atoms with Crippen LogP contribution in [0.25, 0.3) is 0 Å². The number of benzene rings is 2. The van der Waals surface area contributed by atoms with Gasteiger partial charge in [-0.2, -0.15) is 0 Å². The van der Waals surface area contributed by atoms with Crippen molar-refractivity contribution in [3.8, 4) is 0 Å². The van der Waals surface area contributed by atoms with Gasteiger partial charge in [-0.05, 0) is 35.3 Å². The van der Waals surface area contributed by atoms with Crippen molar-refractivity contribution in [2.45, 2.75) is 0 Å². The fourth-order valence-electron chi connectivity index (χ4n) is 1.37. The Labute approximate surface area is 125 Å². The molecule has 0 aliphatic rings. The molecule has 0 aliphatic carbocycles. The molecule has 0 saturated heterocycles. The molecule has 0 aromatic heterocycles. The standard InChI is InChI=1S/C13H10ClN5O2/c14-10-5-4-8-12(9-10)16-18-13(19(20)21)17-15-11-6-2-1-3-7-11/h1-9,16H. The molecule has 2 rings (SSSR count). The summed E-state index contributed by atoms with van der Waals surface area (Å²) in [6, 6.07) is 15.3. The smallest absolute Gasteiger partial charge is 0.390 e. The van der Waals surface area contributed by atoms with Crippen LogP contribution in [-0.4, -0.2) is 10.9 Å². The highest BCUT2D eigenvalue weighted by molar-refractivity contribution is 6.30. The number of nitrogens with one attached hydrogen (secondary N) is 1. The number of hydrogen-bond acceptors (Lipinski definition) is 5. The molecule has 8 heteroatoms. The number of halogens is 1. The summed E-state index contributed by atoms with van der Waals surface area (Å²) in [4.78, 5) is 10.1. The summed E-state index contributed by atoms with van der Waals surface area (Å²) in [7, 11) is 0. The van der Waals surface area contributed by atoms with E-state index in [1.807, 2.05) is 6.07 Å². The van der Waals surface area contributed by atoms with E-state index in [1.165, 1.54) is 0 Å². The highest BCUT2D eigenvalue weighted by Gasteiger charge is 2.12. The predicted molar refractivity (Wildman–Crippen MR) is 80.5 cm³/mol. The van der Waals surface area contributed by atoms with Crippen molar-refractivity contribution in [3.05, 3.63) is 69.7 Å². The average molecular weight is 304 g/mol. The third-order valence-electron chi connectivity index (χ3n) is 2.28. The van der Waals surface area contributed by atoms with E-state index in [9.17, 15) is 10.1 Å². The molecule has 0 spiro atoms. The fourth-order valence-corrected chi connectivity index (χ4v) is 1.56. The molecule has 21 heavy (non-hydrogen) atoms. The maximum absolute atomic E-state index is 10.9. The van der Waals surface area contributed by atoms with E-state index >= 15 is 0 Å². The summed E-state index contributed by atoms with van der Waals surface area (Å²) in [5.74, 6) is -0.654. The molecule has 0 atom stereocenters. The van der Waals surface area contributed by atoms with Gasteiger partial charge in [0, 0.05) is 10.1 Å². The van der Waals surface area contributed by atoms with Crippen molar-refractivity contribution < 1.29 is 4.92 Å². The molecule has 106 valence electrons. The van der Waals surface area contributed by atoms with E-state index in [-0.39, 0.29) is 0 Å². The number of guanidine groups is 1. The molecule has 0 fully saturated rings. The van der Waals surface area contributed by atoms with Crippen LogP contribution < -0.4 is 5.43 Å². The Morgan fingerprint density at radius 2 is 1.90 bits per heavy atom. The Bertz CT molecular complexity index is 688. The minimum Gasteiger partial charge on any atom is -0.390 e. The molecule has 0 aliphatic heterocycles. The molecule has 0 heterocycles. The minimum absolute atomic E-state index is 0.490. The van der Waals surface area contributed by atoms with Crippen LogP contribution in [0.1, 0.15) is 0 Å². The van der Waals surface area contributed by atoms with E-state index in [4.69, 9.17) is 11.6 Å². The Balaban J connectivity index is 2.13. The Kier molecular flexibility index (Phi) is 4.94. The fraction of sp³-hybridized carbons (Fsp3) is 0. The van der Waals surface area contributed by atoms with Crippen molar-refractivity contribution in [3.63, 3.8) is 0 Å². The summed E-state index contributed by atoms with van der Waals surface area (Å²) in [6.45, 7) is 0. The molecule has 2 aromatic rings. The van der Waals surface area contributed by atoms with Gasteiger partial charge in [-0.15, -0.1) is 0 Å². The number of hydrazone groups is 1. The summed E-state index contributed by atoms with van der Waals surface area (Å²) >= 11 is 5.80. The molecular weight excluding hydrogens is 294 g/mol. The monoisotopic (exact) mass is 303 g/mol. The Hall–Kier alpha value is -2.80. The zero-order valence-electron chi connectivity index (χ0n) is 10.7. The summed E-state index contributed by atoms with van der Waals surface area (Å²) in [5, 5.41) is 22.2. The molecule has 0 bridgehead atoms. The molecule has 0 radical (unpaired) electrons. The third kappa shape index (κ3) is 4.66. The molecule has 7 nitrogen and oxygen atoms in total. The first kappa shape index (κ1) is 14.6. The molecule has 0 saturated carbocycles. The van der Waals surface area contributed by atoms with Gasteiger partial charge in [-0.3, -0.25) is 0 Å². The normalized spacial score (nSPS) is 11.6. The van der Waals surface area contributed by atoms with Crippen LogP contribution in [0.5, 0.6) is 0 Å². The van der Waals surface area contributed by atoms with Crippen molar-refractivity contribution in [2.75, 3.05) is 5.43 Å². The van der Waals surface area contributed by atoms with Crippen molar-refractivity contribution in [2.24, 2.45) is 15.3 Å². The van der Waals surface area contributed by atoms with E-state index in [0.29, 0.717) is 16.4 Å². The number of nitro groups is 1. The lowest BCUT2D eigenvalue weighted by Gasteiger charge is -1.97. The van der Waals surface area contributed by atoms with Gasteiger partial charge < -0.3 is 10.1 Å². The lowest BCUT2D eigenvalue weighted by molar-refractivity contribution is -0.352. The van der Waals surface area contributed by atoms with E-state index in [2.05, 4.69) is 20.8 Å². The number of nitrogens with zero attached hydrogens (tertiary/aromatic N) is 4. The van der Waals surface area contributed by atoms with Gasteiger partial charge in [0.1, 0.15) is 5.69 Å². The van der Waals surface area contributed by atoms with Crippen LogP contribution in [0, 0.1) is 10.1 Å². The van der Waals surface area contributed by atoms with Gasteiger partial charge in [0.25, 0.3) is 0 Å². The maximum Gasteiger partial charge on any atom is 0.511 e. The second-order valence-electron chi connectivity index (χ2n) is 3.83. The summed E-state index contributed by atoms with van der Waals surface area (Å²) in [5.41, 5.74) is 3.52. The van der Waals surface area contributed by atoms with E-state index in [0.717, 1.165) is 0 Å². The zero-order valence-corrected chi connectivity index (χ0v) is 11.4. The molecule has 0 amide bonds. The van der Waals surface area contributed by atoms with Crippen molar-refractivity contribution in [1.82, 2.24) is 0 Å². The highest BCUT2D eigenvalue weighted by atomic mass is 35.5. The van der Waals surface area contributed by atoms with Gasteiger partial charge in [-0.25, -0.2) is 5.43 Å². The lowest BCUT2D eigenvalue weighted by atomic mass is 10.3. The van der Waals surface area contributed by atoms with Gasteiger partial charge >= 0.3 is 5.96 Å². The zero-order chi connectivity index (χ0) is 15.1. The van der Waals surface area contributed by atoms with Gasteiger partial charge in [0.05, 0.1) is 10.8 Å². The van der Waals surface area contributed by atoms with Crippen molar-refractivity contribution in [1.29, 1.82) is 0 Å². The first-order valence-corrected chi connectivity index (χ1v) is 6.23. The van der Waals surface area contributed by atoms with Crippen LogP contribution in [0.2, 0.25) is 5.02 Å². The average Bonchev–Trinajstić information content (AvgIpc) is 2.48. The van der Waals surface area contributed by atoms with Crippen LogP contribution >= 0.6 is 11.6 Å². The van der Waals surface area contributed by atoms with Crippen molar-refractivity contribution >= 4 is 28.9 Å². The topological polar surface area (TPSA) is 92.2 Å². The number of hydrogen-bond donors (Lipinski definition) is 1. The quantitative estimate of drug-likeness (QED) is 0.304. The van der Waals surface area contributed by atoms with E-state index in [1.54, 1.807) is 48.5 Å². The Morgan fingerprint density at radius 1 is 1.14 bits per heavy atom. The van der Waals surface area contributed by atoms with E-state index < -0.39 is 10.9 Å². The first-order chi connectivity index (χ1) is 10.1. The number of anilines is 1. The summed E-state index contributed by atoms with van der Waals surface area (Å²) in [6.07, 6.45) is 0. The number of rotatable bonds is 3. The van der Waals surface area contributed by atoms with Crippen LogP contribution in [0.15, 0.2) is 69.9 Å². The molecular formula is C13H10ClN5O2. The highest BCUT2D eigenvalue weighted by Crippen LogP contribution is 2.15. The van der Waals surface area contributed by atoms with Crippen LogP contribution in [-0.2, 0) is 0 Å². The largest absolute Gasteiger partial charge is 0.511 e. The van der Waals surface area contributed by atoms with Crippen LogP contribution in [0.3, 0.4) is 0 Å². The second-order valence-corrected chi connectivity index (χ2v) is 4.26. The molecule has 2 aromatic carbocycles. The van der Waals surface area contributed by atoms with Gasteiger partial charge in [-0.1, -0.05) is 41.0 Å². The lowest BCUT2D eigenvalue weighted by Crippen LogP contribution is -2.10. The maximum atomic E-state index is 10.9. The first-order valence-electron chi connectivity index (χ1n) is 5.85. The SMILES string of the molecule is O=[N+]([O-])C(N=Nc1ccccc1)=NNc1cccc(Cl)c1. The summed E-state index contributed by atoms with van der Waals surface area (Å²) < 4.78 is 0.